The zero-order chi connectivity index (χ0) is 26.9. The fourth-order valence-corrected chi connectivity index (χ4v) is 4.52. The van der Waals surface area contributed by atoms with E-state index in [-0.39, 0.29) is 36.9 Å². The molecular weight excluding hydrogens is 497 g/mol. The smallest absolute Gasteiger partial charge is 0.305 e. The van der Waals surface area contributed by atoms with Gasteiger partial charge in [0.1, 0.15) is 19.0 Å². The van der Waals surface area contributed by atoms with Crippen molar-refractivity contribution in [3.8, 4) is 0 Å². The average molecular weight is 536 g/mol. The number of carbonyl (C=O) groups is 3. The third-order valence-corrected chi connectivity index (χ3v) is 6.72. The molecule has 9 heteroatoms. The van der Waals surface area contributed by atoms with Crippen molar-refractivity contribution in [3.63, 3.8) is 0 Å². The predicted octanol–water partition coefficient (Wildman–Crippen LogP) is 4.58. The average Bonchev–Trinajstić information content (AvgIpc) is 3.23. The molecule has 2 rings (SSSR count). The number of ether oxygens (including phenoxy) is 2. The lowest BCUT2D eigenvalue weighted by Gasteiger charge is -2.18. The normalized spacial score (nSPS) is 14.2. The van der Waals surface area contributed by atoms with Crippen molar-refractivity contribution in [3.05, 3.63) is 59.6 Å². The molecule has 1 atom stereocenters. The Morgan fingerprint density at radius 2 is 1.76 bits per heavy atom. The highest BCUT2D eigenvalue weighted by molar-refractivity contribution is 7.99. The quantitative estimate of drug-likeness (QED) is 0.217. The molecule has 0 aliphatic carbocycles. The molecule has 1 N–H and O–H groups in total. The molecule has 1 aliphatic heterocycles. The Balaban J connectivity index is 1.56. The third kappa shape index (κ3) is 12.9. The van der Waals surface area contributed by atoms with Crippen LogP contribution in [0, 0.1) is 5.82 Å². The molecule has 0 fully saturated rings. The van der Waals surface area contributed by atoms with Crippen LogP contribution in [0.1, 0.15) is 57.4 Å². The maximum absolute atomic E-state index is 13.0. The number of rotatable bonds is 18. The summed E-state index contributed by atoms with van der Waals surface area (Å²) in [5, 5.41) is 10.3. The molecule has 1 amide bonds. The largest absolute Gasteiger partial charge is 0.462 e. The van der Waals surface area contributed by atoms with Crippen molar-refractivity contribution in [1.29, 1.82) is 0 Å². The van der Waals surface area contributed by atoms with Crippen LogP contribution in [0.3, 0.4) is 0 Å². The van der Waals surface area contributed by atoms with E-state index in [2.05, 4.69) is 6.92 Å². The zero-order valence-corrected chi connectivity index (χ0v) is 22.3. The topological polar surface area (TPSA) is 93.1 Å². The second kappa shape index (κ2) is 17.7. The lowest BCUT2D eigenvalue weighted by molar-refractivity contribution is -0.152. The van der Waals surface area contributed by atoms with Crippen molar-refractivity contribution >= 4 is 29.6 Å². The first kappa shape index (κ1) is 30.6. The molecule has 0 bridgehead atoms. The number of thioether (sulfide) groups is 1. The van der Waals surface area contributed by atoms with Gasteiger partial charge in [0.25, 0.3) is 0 Å². The van der Waals surface area contributed by atoms with Crippen LogP contribution >= 0.6 is 11.8 Å². The van der Waals surface area contributed by atoms with E-state index in [1.807, 2.05) is 6.08 Å². The molecular formula is C28H38FNO6S. The second-order valence-corrected chi connectivity index (χ2v) is 9.97. The molecule has 0 saturated carbocycles. The number of hydrogen-bond donors (Lipinski definition) is 1. The van der Waals surface area contributed by atoms with Gasteiger partial charge in [-0.2, -0.15) is 11.8 Å². The van der Waals surface area contributed by atoms with Crippen molar-refractivity contribution in [1.82, 2.24) is 4.90 Å². The summed E-state index contributed by atoms with van der Waals surface area (Å²) in [6.07, 6.45) is 9.39. The van der Waals surface area contributed by atoms with Crippen LogP contribution in [0.25, 0.3) is 0 Å². The number of nitrogens with zero attached hydrogens (tertiary/aromatic N) is 1. The van der Waals surface area contributed by atoms with Gasteiger partial charge in [-0.3, -0.25) is 14.4 Å². The molecule has 0 spiro atoms. The van der Waals surface area contributed by atoms with E-state index in [0.717, 1.165) is 42.0 Å². The molecule has 0 unspecified atom stereocenters. The summed E-state index contributed by atoms with van der Waals surface area (Å²) in [7, 11) is 0. The van der Waals surface area contributed by atoms with Gasteiger partial charge in [-0.15, -0.1) is 0 Å². The summed E-state index contributed by atoms with van der Waals surface area (Å²) in [6, 6.07) is 6.01. The number of benzene rings is 1. The highest BCUT2D eigenvalue weighted by atomic mass is 32.2. The van der Waals surface area contributed by atoms with Crippen molar-refractivity contribution in [2.45, 2.75) is 64.4 Å². The highest BCUT2D eigenvalue weighted by Crippen LogP contribution is 2.19. The minimum atomic E-state index is -0.740. The van der Waals surface area contributed by atoms with Gasteiger partial charge in [0.05, 0.1) is 6.10 Å². The molecule has 0 saturated heterocycles. The molecule has 7 nitrogen and oxygen atoms in total. The van der Waals surface area contributed by atoms with Gasteiger partial charge < -0.3 is 19.5 Å². The van der Waals surface area contributed by atoms with E-state index < -0.39 is 6.10 Å². The van der Waals surface area contributed by atoms with Gasteiger partial charge in [0, 0.05) is 43.7 Å². The monoisotopic (exact) mass is 535 g/mol. The Morgan fingerprint density at radius 3 is 2.43 bits per heavy atom. The number of allylic oxidation sites excluding steroid dienone is 1. The Kier molecular flexibility index (Phi) is 14.7. The summed E-state index contributed by atoms with van der Waals surface area (Å²) in [5.41, 5.74) is 1.59. The molecule has 0 radical (unpaired) electrons. The number of aliphatic hydroxyl groups excluding tert-OH is 1. The molecule has 1 aromatic rings. The highest BCUT2D eigenvalue weighted by Gasteiger charge is 2.21. The number of halogens is 1. The summed E-state index contributed by atoms with van der Waals surface area (Å²) >= 11 is 1.65. The van der Waals surface area contributed by atoms with Crippen molar-refractivity contribution in [2.75, 3.05) is 31.3 Å². The first-order valence-electron chi connectivity index (χ1n) is 12.9. The van der Waals surface area contributed by atoms with Gasteiger partial charge in [-0.25, -0.2) is 4.39 Å². The van der Waals surface area contributed by atoms with Crippen LogP contribution in [0.4, 0.5) is 4.39 Å². The Bertz CT molecular complexity index is 918. The van der Waals surface area contributed by atoms with E-state index in [0.29, 0.717) is 38.6 Å². The van der Waals surface area contributed by atoms with Crippen molar-refractivity contribution < 1.29 is 33.4 Å². The minimum Gasteiger partial charge on any atom is -0.462 e. The predicted molar refractivity (Wildman–Crippen MR) is 142 cm³/mol. The van der Waals surface area contributed by atoms with Gasteiger partial charge in [0.2, 0.25) is 5.91 Å². The van der Waals surface area contributed by atoms with E-state index >= 15 is 0 Å². The number of carbonyl (C=O) groups excluding carboxylic acids is 3. The Morgan fingerprint density at radius 1 is 1.08 bits per heavy atom. The van der Waals surface area contributed by atoms with Crippen LogP contribution in [0.5, 0.6) is 0 Å². The Hall–Kier alpha value is -2.65. The van der Waals surface area contributed by atoms with E-state index in [1.165, 1.54) is 12.1 Å². The summed E-state index contributed by atoms with van der Waals surface area (Å²) < 4.78 is 23.1. The van der Waals surface area contributed by atoms with Gasteiger partial charge >= 0.3 is 11.9 Å². The van der Waals surface area contributed by atoms with E-state index in [9.17, 15) is 23.9 Å². The lowest BCUT2D eigenvalue weighted by Crippen LogP contribution is -2.27. The number of hydrogen-bond acceptors (Lipinski definition) is 7. The fraction of sp³-hybridized carbons (Fsp3) is 0.536. The molecule has 204 valence electrons. The number of unbranched alkanes of at least 4 members (excludes halogenated alkanes) is 2. The van der Waals surface area contributed by atoms with Gasteiger partial charge in [-0.05, 0) is 42.4 Å². The number of amides is 1. The van der Waals surface area contributed by atoms with Crippen LogP contribution in [0.2, 0.25) is 0 Å². The van der Waals surface area contributed by atoms with Crippen LogP contribution in [0.15, 0.2) is 48.2 Å². The maximum atomic E-state index is 13.0. The molecule has 1 aliphatic rings. The molecule has 1 heterocycles. The summed E-state index contributed by atoms with van der Waals surface area (Å²) in [5.74, 6) is 0.610. The van der Waals surface area contributed by atoms with E-state index in [1.54, 1.807) is 40.9 Å². The Labute approximate surface area is 223 Å². The molecule has 37 heavy (non-hydrogen) atoms. The van der Waals surface area contributed by atoms with Crippen LogP contribution < -0.4 is 0 Å². The SMILES string of the molecule is CCCCCC(=O)OCCOC(=O)CCCSCCN1C(=O)CC=C1/C=C/[C@@H](O)Cc1ccc(F)cc1. The standard InChI is InChI=1S/C28H38FNO6S/c1-2-3-4-6-27(33)35-17-18-36-28(34)7-5-19-37-20-16-30-24(13-15-26(30)32)12-14-25(31)21-22-8-10-23(29)11-9-22/h8-14,25,31H,2-7,15-21H2,1H3/b14-12+/t25-/m1/s1. The first-order valence-corrected chi connectivity index (χ1v) is 14.0. The zero-order valence-electron chi connectivity index (χ0n) is 21.5. The van der Waals surface area contributed by atoms with Crippen LogP contribution in [-0.2, 0) is 30.3 Å². The molecule has 0 aromatic heterocycles. The number of aliphatic hydroxyl groups is 1. The lowest BCUT2D eigenvalue weighted by atomic mass is 10.1. The second-order valence-electron chi connectivity index (χ2n) is 8.75. The summed E-state index contributed by atoms with van der Waals surface area (Å²) in [4.78, 5) is 37.2. The van der Waals surface area contributed by atoms with Crippen molar-refractivity contribution in [2.24, 2.45) is 0 Å². The van der Waals surface area contributed by atoms with Gasteiger partial charge in [0.15, 0.2) is 0 Å². The van der Waals surface area contributed by atoms with E-state index in [4.69, 9.17) is 9.47 Å². The minimum absolute atomic E-state index is 0.0166. The van der Waals surface area contributed by atoms with Gasteiger partial charge in [-0.1, -0.05) is 44.1 Å². The first-order chi connectivity index (χ1) is 17.9. The third-order valence-electron chi connectivity index (χ3n) is 5.67. The molecule has 1 aromatic carbocycles. The maximum Gasteiger partial charge on any atom is 0.305 e. The number of esters is 2. The van der Waals surface area contributed by atoms with Crippen LogP contribution in [-0.4, -0.2) is 65.2 Å². The fourth-order valence-electron chi connectivity index (χ4n) is 3.66. The summed E-state index contributed by atoms with van der Waals surface area (Å²) in [6.45, 7) is 2.77.